The molecule has 0 aliphatic carbocycles. The second-order valence-corrected chi connectivity index (χ2v) is 10.3. The number of hydrogen-bond donors (Lipinski definition) is 3. The average Bonchev–Trinajstić information content (AvgIpc) is 3.16. The topological polar surface area (TPSA) is 87.5 Å². The maximum Gasteiger partial charge on any atom is 0.418 e. The molecule has 2 heterocycles. The first-order valence-corrected chi connectivity index (χ1v) is 12.6. The van der Waals surface area contributed by atoms with E-state index in [0.29, 0.717) is 23.5 Å². The summed E-state index contributed by atoms with van der Waals surface area (Å²) in [6, 6.07) is 12.2. The van der Waals surface area contributed by atoms with E-state index in [1.807, 2.05) is 6.07 Å². The van der Waals surface area contributed by atoms with Crippen LogP contribution in [0.15, 0.2) is 48.5 Å². The molecule has 2 amide bonds. The van der Waals surface area contributed by atoms with Crippen molar-refractivity contribution in [1.82, 2.24) is 4.90 Å². The molecular formula is C23H18F3IN4O2S2. The van der Waals surface area contributed by atoms with Crippen LogP contribution in [0.1, 0.15) is 36.7 Å². The quantitative estimate of drug-likeness (QED) is 0.263. The molecule has 182 valence electrons. The number of nitrogens with one attached hydrogen (secondary N) is 2. The molecule has 4 rings (SSSR count). The number of thiophene rings is 1. The summed E-state index contributed by atoms with van der Waals surface area (Å²) in [4.78, 5) is 27.5. The molecule has 4 N–H and O–H groups in total. The first kappa shape index (κ1) is 25.4. The Labute approximate surface area is 221 Å². The Hall–Kier alpha value is -2.71. The van der Waals surface area contributed by atoms with E-state index in [4.69, 9.17) is 18.0 Å². The zero-order chi connectivity index (χ0) is 25.3. The number of amides is 2. The Morgan fingerprint density at radius 1 is 1.09 bits per heavy atom. The number of anilines is 2. The summed E-state index contributed by atoms with van der Waals surface area (Å²) in [7, 11) is 0. The molecule has 1 aliphatic rings. The van der Waals surface area contributed by atoms with E-state index in [1.54, 1.807) is 23.1 Å². The molecule has 6 nitrogen and oxygen atoms in total. The lowest BCUT2D eigenvalue weighted by atomic mass is 10.0. The van der Waals surface area contributed by atoms with E-state index in [2.05, 4.69) is 33.2 Å². The Bertz CT molecular complexity index is 1330. The molecule has 0 radical (unpaired) electrons. The molecule has 1 aliphatic heterocycles. The van der Waals surface area contributed by atoms with Crippen LogP contribution in [0.2, 0.25) is 0 Å². The standard InChI is InChI=1S/C23H18F3IN4O2S2/c24-23(25,26)14-6-2-4-8-16(14)29-22(34)31-10-9-13-17(11-31)35-21(18(13)19(28)32)30-20(33)12-5-1-3-7-15(12)27/h1-8H,9-11H2,(H2,28,32)(H,29,34)(H,30,33). The summed E-state index contributed by atoms with van der Waals surface area (Å²) in [5, 5.41) is 5.97. The van der Waals surface area contributed by atoms with Crippen molar-refractivity contribution < 1.29 is 22.8 Å². The van der Waals surface area contributed by atoms with E-state index in [0.717, 1.165) is 20.1 Å². The number of nitrogens with zero attached hydrogens (tertiary/aromatic N) is 1. The van der Waals surface area contributed by atoms with Crippen molar-refractivity contribution in [3.63, 3.8) is 0 Å². The van der Waals surface area contributed by atoms with Gasteiger partial charge in [-0.1, -0.05) is 24.3 Å². The number of para-hydroxylation sites is 1. The van der Waals surface area contributed by atoms with Gasteiger partial charge in [0.05, 0.1) is 28.9 Å². The third-order valence-electron chi connectivity index (χ3n) is 5.41. The molecule has 2 aromatic carbocycles. The maximum atomic E-state index is 13.3. The van der Waals surface area contributed by atoms with Crippen molar-refractivity contribution in [3.8, 4) is 0 Å². The van der Waals surface area contributed by atoms with E-state index in [1.165, 1.54) is 29.5 Å². The molecule has 35 heavy (non-hydrogen) atoms. The van der Waals surface area contributed by atoms with Crippen molar-refractivity contribution >= 4 is 73.8 Å². The number of primary amides is 1. The molecular weight excluding hydrogens is 612 g/mol. The Balaban J connectivity index is 1.56. The Morgan fingerprint density at radius 2 is 1.77 bits per heavy atom. The summed E-state index contributed by atoms with van der Waals surface area (Å²) >= 11 is 8.66. The highest BCUT2D eigenvalue weighted by atomic mass is 127. The van der Waals surface area contributed by atoms with Gasteiger partial charge in [-0.15, -0.1) is 11.3 Å². The Kier molecular flexibility index (Phi) is 7.33. The molecule has 1 aromatic heterocycles. The molecule has 0 bridgehead atoms. The van der Waals surface area contributed by atoms with Gasteiger partial charge in [-0.3, -0.25) is 9.59 Å². The summed E-state index contributed by atoms with van der Waals surface area (Å²) in [6.07, 6.45) is -4.13. The fourth-order valence-electron chi connectivity index (χ4n) is 3.77. The second kappa shape index (κ2) is 10.1. The third-order valence-corrected chi connectivity index (χ3v) is 7.84. The van der Waals surface area contributed by atoms with Gasteiger partial charge in [-0.2, -0.15) is 13.2 Å². The number of benzene rings is 2. The van der Waals surface area contributed by atoms with E-state index in [9.17, 15) is 22.8 Å². The van der Waals surface area contributed by atoms with Gasteiger partial charge in [0, 0.05) is 15.0 Å². The van der Waals surface area contributed by atoms with E-state index >= 15 is 0 Å². The van der Waals surface area contributed by atoms with Crippen molar-refractivity contribution in [2.45, 2.75) is 19.1 Å². The average molecular weight is 630 g/mol. The Morgan fingerprint density at radius 3 is 2.46 bits per heavy atom. The molecule has 0 saturated carbocycles. The lowest BCUT2D eigenvalue weighted by molar-refractivity contribution is -0.136. The zero-order valence-electron chi connectivity index (χ0n) is 17.9. The monoisotopic (exact) mass is 630 g/mol. The number of hydrogen-bond acceptors (Lipinski definition) is 4. The van der Waals surface area contributed by atoms with Gasteiger partial charge in [0.25, 0.3) is 11.8 Å². The number of nitrogens with two attached hydrogens (primary N) is 1. The van der Waals surface area contributed by atoms with Gasteiger partial charge in [0.1, 0.15) is 5.00 Å². The van der Waals surface area contributed by atoms with Gasteiger partial charge in [-0.05, 0) is 71.1 Å². The largest absolute Gasteiger partial charge is 0.418 e. The molecule has 12 heteroatoms. The number of carbonyl (C=O) groups is 2. The van der Waals surface area contributed by atoms with Crippen LogP contribution in [-0.2, 0) is 19.1 Å². The number of thiocarbonyl (C=S) groups is 1. The summed E-state index contributed by atoms with van der Waals surface area (Å²) in [6.45, 7) is 0.632. The van der Waals surface area contributed by atoms with Crippen LogP contribution >= 0.6 is 46.1 Å². The van der Waals surface area contributed by atoms with Crippen LogP contribution in [0.4, 0.5) is 23.9 Å². The van der Waals surface area contributed by atoms with Crippen LogP contribution < -0.4 is 16.4 Å². The lowest BCUT2D eigenvalue weighted by Crippen LogP contribution is -2.39. The van der Waals surface area contributed by atoms with Crippen molar-refractivity contribution in [2.75, 3.05) is 17.2 Å². The minimum absolute atomic E-state index is 0.130. The van der Waals surface area contributed by atoms with Gasteiger partial charge in [0.2, 0.25) is 0 Å². The van der Waals surface area contributed by atoms with Gasteiger partial charge in [-0.25, -0.2) is 0 Å². The van der Waals surface area contributed by atoms with Crippen LogP contribution in [0.25, 0.3) is 0 Å². The van der Waals surface area contributed by atoms with Crippen LogP contribution in [0, 0.1) is 3.57 Å². The predicted octanol–water partition coefficient (Wildman–Crippen LogP) is 5.48. The molecule has 0 unspecified atom stereocenters. The van der Waals surface area contributed by atoms with Crippen LogP contribution in [-0.4, -0.2) is 28.4 Å². The van der Waals surface area contributed by atoms with Gasteiger partial charge >= 0.3 is 6.18 Å². The normalized spacial score (nSPS) is 13.2. The maximum absolute atomic E-state index is 13.3. The molecule has 3 aromatic rings. The third kappa shape index (κ3) is 5.43. The highest BCUT2D eigenvalue weighted by molar-refractivity contribution is 14.1. The van der Waals surface area contributed by atoms with Crippen LogP contribution in [0.3, 0.4) is 0 Å². The van der Waals surface area contributed by atoms with Crippen molar-refractivity contribution in [1.29, 1.82) is 0 Å². The number of rotatable bonds is 4. The first-order chi connectivity index (χ1) is 16.6. The SMILES string of the molecule is NC(=O)c1c(NC(=O)c2ccccc2I)sc2c1CCN(C(=S)Nc1ccccc1C(F)(F)F)C2. The van der Waals surface area contributed by atoms with E-state index in [-0.39, 0.29) is 28.8 Å². The van der Waals surface area contributed by atoms with Crippen LogP contribution in [0.5, 0.6) is 0 Å². The summed E-state index contributed by atoms with van der Waals surface area (Å²) < 4.78 is 40.8. The van der Waals surface area contributed by atoms with E-state index < -0.39 is 17.6 Å². The highest BCUT2D eigenvalue weighted by Crippen LogP contribution is 2.38. The predicted molar refractivity (Wildman–Crippen MR) is 142 cm³/mol. The number of halogens is 4. The minimum Gasteiger partial charge on any atom is -0.365 e. The lowest BCUT2D eigenvalue weighted by Gasteiger charge is -2.30. The fraction of sp³-hybridized carbons (Fsp3) is 0.174. The second-order valence-electron chi connectivity index (χ2n) is 7.65. The van der Waals surface area contributed by atoms with Gasteiger partial charge in [0.15, 0.2) is 5.11 Å². The minimum atomic E-state index is -4.53. The number of fused-ring (bicyclic) bond motifs is 1. The summed E-state index contributed by atoms with van der Waals surface area (Å²) in [5.74, 6) is -1.03. The molecule has 0 fully saturated rings. The van der Waals surface area contributed by atoms with Gasteiger partial charge < -0.3 is 21.3 Å². The molecule has 0 spiro atoms. The molecule has 0 atom stereocenters. The molecule has 0 saturated heterocycles. The first-order valence-electron chi connectivity index (χ1n) is 10.3. The number of carbonyl (C=O) groups excluding carboxylic acids is 2. The zero-order valence-corrected chi connectivity index (χ0v) is 21.7. The smallest absolute Gasteiger partial charge is 0.365 e. The number of alkyl halides is 3. The van der Waals surface area contributed by atoms with Crippen molar-refractivity contribution in [2.24, 2.45) is 5.73 Å². The highest BCUT2D eigenvalue weighted by Gasteiger charge is 2.34. The van der Waals surface area contributed by atoms with Crippen molar-refractivity contribution in [3.05, 3.63) is 79.2 Å². The summed E-state index contributed by atoms with van der Waals surface area (Å²) in [5.41, 5.74) is 6.13. The fourth-order valence-corrected chi connectivity index (χ4v) is 5.94.